The van der Waals surface area contributed by atoms with E-state index in [1.165, 1.54) is 16.8 Å². The van der Waals surface area contributed by atoms with Crippen LogP contribution in [0, 0.1) is 0 Å². The monoisotopic (exact) mass is 201 g/mol. The Labute approximate surface area is 83.9 Å². The zero-order valence-electron chi connectivity index (χ0n) is 7.75. The highest BCUT2D eigenvalue weighted by Crippen LogP contribution is 2.08. The Morgan fingerprint density at radius 2 is 2.20 bits per heavy atom. The fourth-order valence-electron chi connectivity index (χ4n) is 1.73. The second kappa shape index (κ2) is 2.66. The lowest BCUT2D eigenvalue weighted by molar-refractivity contribution is 0.762. The molecule has 74 valence electrons. The van der Waals surface area contributed by atoms with Crippen LogP contribution in [0.4, 0.5) is 0 Å². The zero-order valence-corrected chi connectivity index (χ0v) is 7.75. The lowest BCUT2D eigenvalue weighted by Crippen LogP contribution is -2.24. The molecule has 0 atom stereocenters. The van der Waals surface area contributed by atoms with Gasteiger partial charge in [0.25, 0.3) is 5.56 Å². The second-order valence-electron chi connectivity index (χ2n) is 3.39. The number of aromatic nitrogens is 3. The predicted molar refractivity (Wildman–Crippen MR) is 54.8 cm³/mol. The van der Waals surface area contributed by atoms with Crippen LogP contribution in [0.15, 0.2) is 34.1 Å². The maximum Gasteiger partial charge on any atom is 0.277 e. The summed E-state index contributed by atoms with van der Waals surface area (Å²) in [6.45, 7) is 0.563. The lowest BCUT2D eigenvalue weighted by atomic mass is 10.4. The van der Waals surface area contributed by atoms with Crippen LogP contribution >= 0.6 is 0 Å². The van der Waals surface area contributed by atoms with Crippen LogP contribution in [0.2, 0.25) is 0 Å². The van der Waals surface area contributed by atoms with E-state index in [9.17, 15) is 9.59 Å². The van der Waals surface area contributed by atoms with E-state index in [4.69, 9.17) is 0 Å². The molecule has 0 N–H and O–H groups in total. The number of allylic oxidation sites excluding steroid dienone is 1. The maximum atomic E-state index is 11.9. The summed E-state index contributed by atoms with van der Waals surface area (Å²) in [4.78, 5) is 23.0. The van der Waals surface area contributed by atoms with Gasteiger partial charge in [0.2, 0.25) is 5.43 Å². The predicted octanol–water partition coefficient (Wildman–Crippen LogP) is -0.117. The van der Waals surface area contributed by atoms with Crippen molar-refractivity contribution in [3.05, 3.63) is 50.8 Å². The minimum Gasteiger partial charge on any atom is -0.302 e. The minimum atomic E-state index is -0.251. The molecule has 0 saturated carbocycles. The van der Waals surface area contributed by atoms with Gasteiger partial charge in [0, 0.05) is 12.6 Å². The molecule has 15 heavy (non-hydrogen) atoms. The van der Waals surface area contributed by atoms with Crippen molar-refractivity contribution >= 4 is 11.6 Å². The summed E-state index contributed by atoms with van der Waals surface area (Å²) in [7, 11) is 0. The molecule has 0 amide bonds. The van der Waals surface area contributed by atoms with E-state index in [1.807, 2.05) is 12.2 Å². The molecule has 0 radical (unpaired) electrons. The van der Waals surface area contributed by atoms with Crippen molar-refractivity contribution in [1.29, 1.82) is 0 Å². The summed E-state index contributed by atoms with van der Waals surface area (Å²) < 4.78 is 3.04. The Kier molecular flexibility index (Phi) is 1.45. The molecule has 0 aromatic carbocycles. The average Bonchev–Trinajstić information content (AvgIpc) is 2.68. The van der Waals surface area contributed by atoms with Gasteiger partial charge < -0.3 is 4.57 Å². The first-order valence-corrected chi connectivity index (χ1v) is 4.55. The van der Waals surface area contributed by atoms with Crippen molar-refractivity contribution in [3.63, 3.8) is 0 Å². The topological polar surface area (TPSA) is 56.4 Å². The van der Waals surface area contributed by atoms with Crippen molar-refractivity contribution in [2.45, 2.75) is 6.54 Å². The molecule has 1 aliphatic rings. The van der Waals surface area contributed by atoms with Crippen LogP contribution in [-0.4, -0.2) is 14.2 Å². The first-order valence-electron chi connectivity index (χ1n) is 4.55. The molecule has 0 aliphatic carbocycles. The molecule has 1 aliphatic heterocycles. The smallest absolute Gasteiger partial charge is 0.277 e. The second-order valence-corrected chi connectivity index (χ2v) is 3.39. The van der Waals surface area contributed by atoms with E-state index in [0.717, 1.165) is 5.69 Å². The standard InChI is InChI=1S/C10H7N3O2/c14-8-4-9-10(15)12-3-1-2-7(12)6-13(9)11-5-8/h1-2,4-6H,3H2. The first-order chi connectivity index (χ1) is 7.25. The molecule has 3 heterocycles. The summed E-state index contributed by atoms with van der Waals surface area (Å²) in [5, 5.41) is 3.88. The fraction of sp³-hybridized carbons (Fsp3) is 0.100. The largest absolute Gasteiger partial charge is 0.302 e. The summed E-state index contributed by atoms with van der Waals surface area (Å²) in [6.07, 6.45) is 6.69. The van der Waals surface area contributed by atoms with Gasteiger partial charge in [0.05, 0.1) is 18.1 Å². The molecular formula is C10H7N3O2. The number of nitrogens with zero attached hydrogens (tertiary/aromatic N) is 3. The van der Waals surface area contributed by atoms with Gasteiger partial charge in [-0.1, -0.05) is 6.08 Å². The zero-order chi connectivity index (χ0) is 10.4. The van der Waals surface area contributed by atoms with Crippen molar-refractivity contribution in [1.82, 2.24) is 14.2 Å². The molecule has 2 aromatic rings. The quantitative estimate of drug-likeness (QED) is 0.597. The Morgan fingerprint density at radius 3 is 3.07 bits per heavy atom. The van der Waals surface area contributed by atoms with Gasteiger partial charge in [-0.2, -0.15) is 5.10 Å². The van der Waals surface area contributed by atoms with E-state index < -0.39 is 0 Å². The normalized spacial score (nSPS) is 13.3. The molecule has 0 spiro atoms. The van der Waals surface area contributed by atoms with Crippen molar-refractivity contribution in [2.75, 3.05) is 0 Å². The maximum absolute atomic E-state index is 11.9. The fourth-order valence-corrected chi connectivity index (χ4v) is 1.73. The summed E-state index contributed by atoms with van der Waals surface area (Å²) >= 11 is 0. The van der Waals surface area contributed by atoms with Gasteiger partial charge >= 0.3 is 0 Å². The molecule has 0 fully saturated rings. The van der Waals surface area contributed by atoms with Crippen molar-refractivity contribution < 1.29 is 0 Å². The van der Waals surface area contributed by atoms with Crippen LogP contribution in [0.3, 0.4) is 0 Å². The number of hydrogen-bond donors (Lipinski definition) is 0. The van der Waals surface area contributed by atoms with Gasteiger partial charge in [-0.05, 0) is 6.08 Å². The Hall–Kier alpha value is -2.17. The Bertz CT molecular complexity index is 694. The third-order valence-electron chi connectivity index (χ3n) is 2.44. The molecule has 0 unspecified atom stereocenters. The molecule has 0 saturated heterocycles. The van der Waals surface area contributed by atoms with Gasteiger partial charge in [0.1, 0.15) is 5.52 Å². The molecule has 5 heteroatoms. The van der Waals surface area contributed by atoms with Gasteiger partial charge in [-0.25, -0.2) is 4.52 Å². The van der Waals surface area contributed by atoms with E-state index in [2.05, 4.69) is 5.10 Å². The van der Waals surface area contributed by atoms with Gasteiger partial charge in [-0.15, -0.1) is 0 Å². The van der Waals surface area contributed by atoms with Gasteiger partial charge in [0.15, 0.2) is 0 Å². The van der Waals surface area contributed by atoms with E-state index in [-0.39, 0.29) is 11.0 Å². The van der Waals surface area contributed by atoms with E-state index in [1.54, 1.807) is 10.8 Å². The van der Waals surface area contributed by atoms with Crippen LogP contribution in [-0.2, 0) is 6.54 Å². The summed E-state index contributed by atoms with van der Waals surface area (Å²) in [5.74, 6) is 0. The molecule has 3 rings (SSSR count). The molecular weight excluding hydrogens is 194 g/mol. The van der Waals surface area contributed by atoms with Gasteiger partial charge in [-0.3, -0.25) is 9.59 Å². The number of fused-ring (bicyclic) bond motifs is 2. The van der Waals surface area contributed by atoms with Crippen LogP contribution < -0.4 is 11.0 Å². The molecule has 2 aromatic heterocycles. The Balaban J connectivity index is 2.55. The van der Waals surface area contributed by atoms with E-state index in [0.29, 0.717) is 12.1 Å². The number of rotatable bonds is 0. The number of hydrogen-bond acceptors (Lipinski definition) is 3. The SMILES string of the molecule is O=c1cnn2cc3n(c(=O)c2c1)CC=C3. The molecule has 5 nitrogen and oxygen atoms in total. The first kappa shape index (κ1) is 8.16. The van der Waals surface area contributed by atoms with Crippen molar-refractivity contribution in [3.8, 4) is 0 Å². The van der Waals surface area contributed by atoms with Crippen molar-refractivity contribution in [2.24, 2.45) is 0 Å². The Morgan fingerprint density at radius 1 is 1.33 bits per heavy atom. The lowest BCUT2D eigenvalue weighted by Gasteiger charge is -2.05. The average molecular weight is 201 g/mol. The highest BCUT2D eigenvalue weighted by molar-refractivity contribution is 5.52. The highest BCUT2D eigenvalue weighted by Gasteiger charge is 2.10. The summed E-state index contributed by atoms with van der Waals surface area (Å²) in [5.41, 5.74) is 0.694. The third-order valence-corrected chi connectivity index (χ3v) is 2.44. The summed E-state index contributed by atoms with van der Waals surface area (Å²) in [6, 6.07) is 1.31. The van der Waals surface area contributed by atoms with Crippen LogP contribution in [0.1, 0.15) is 5.69 Å². The molecule has 0 bridgehead atoms. The highest BCUT2D eigenvalue weighted by atomic mass is 16.1. The van der Waals surface area contributed by atoms with Crippen LogP contribution in [0.25, 0.3) is 11.6 Å². The van der Waals surface area contributed by atoms with E-state index >= 15 is 0 Å². The third kappa shape index (κ3) is 1.06. The van der Waals surface area contributed by atoms with Crippen LogP contribution in [0.5, 0.6) is 0 Å². The minimum absolute atomic E-state index is 0.178.